The number of amides is 1. The zero-order valence-electron chi connectivity index (χ0n) is 15.7. The van der Waals surface area contributed by atoms with Crippen LogP contribution in [0.4, 0.5) is 0 Å². The smallest absolute Gasteiger partial charge is 0.272 e. The number of rotatable bonds is 2. The molecule has 0 spiro atoms. The summed E-state index contributed by atoms with van der Waals surface area (Å²) in [5.74, 6) is -0.0231. The minimum Gasteiger partial charge on any atom is -0.337 e. The highest BCUT2D eigenvalue weighted by molar-refractivity contribution is 5.92. The minimum atomic E-state index is -0.0231. The number of hydrogen-bond acceptors (Lipinski definition) is 4. The average molecular weight is 360 g/mol. The molecular formula is C22H24N4O. The molecule has 0 atom stereocenters. The Bertz CT molecular complexity index is 893. The summed E-state index contributed by atoms with van der Waals surface area (Å²) in [5, 5.41) is 9.02. The van der Waals surface area contributed by atoms with Gasteiger partial charge < -0.3 is 4.90 Å². The fourth-order valence-electron chi connectivity index (χ4n) is 4.22. The van der Waals surface area contributed by atoms with Crippen LogP contribution in [0.2, 0.25) is 0 Å². The standard InChI is InChI=1S/C22H24N4O/c1-16-12-21(24-14-19(16)13-23)22(27)25-10-7-20(8-11-25)26-9-6-17-4-2-3-5-18(17)15-26/h2-5,12,14,20H,6-11,15H2,1H3. The van der Waals surface area contributed by atoms with Crippen LogP contribution in [-0.4, -0.2) is 46.4 Å². The van der Waals surface area contributed by atoms with Crippen LogP contribution in [0.25, 0.3) is 0 Å². The van der Waals surface area contributed by atoms with E-state index in [1.807, 2.05) is 11.8 Å². The van der Waals surface area contributed by atoms with Gasteiger partial charge in [-0.05, 0) is 48.9 Å². The molecule has 1 saturated heterocycles. The zero-order chi connectivity index (χ0) is 18.8. The SMILES string of the molecule is Cc1cc(C(=O)N2CCC(N3CCc4ccccc4C3)CC2)ncc1C#N. The Morgan fingerprint density at radius 3 is 2.63 bits per heavy atom. The molecule has 1 aromatic carbocycles. The summed E-state index contributed by atoms with van der Waals surface area (Å²) in [5.41, 5.74) is 4.69. The third-order valence-electron chi connectivity index (χ3n) is 5.88. The van der Waals surface area contributed by atoms with Crippen molar-refractivity contribution in [2.75, 3.05) is 19.6 Å². The molecule has 27 heavy (non-hydrogen) atoms. The number of nitrogens with zero attached hydrogens (tertiary/aromatic N) is 4. The van der Waals surface area contributed by atoms with Crippen molar-refractivity contribution in [2.45, 2.75) is 38.8 Å². The number of benzene rings is 1. The molecule has 3 heterocycles. The highest BCUT2D eigenvalue weighted by atomic mass is 16.2. The molecule has 2 aliphatic rings. The maximum Gasteiger partial charge on any atom is 0.272 e. The molecule has 0 aliphatic carbocycles. The number of piperidine rings is 1. The lowest BCUT2D eigenvalue weighted by atomic mass is 9.95. The third-order valence-corrected chi connectivity index (χ3v) is 5.88. The van der Waals surface area contributed by atoms with Gasteiger partial charge in [0.15, 0.2) is 0 Å². The molecule has 1 fully saturated rings. The van der Waals surface area contributed by atoms with E-state index in [-0.39, 0.29) is 5.91 Å². The van der Waals surface area contributed by atoms with Crippen molar-refractivity contribution in [3.8, 4) is 6.07 Å². The van der Waals surface area contributed by atoms with E-state index in [2.05, 4.69) is 40.2 Å². The average Bonchev–Trinajstić information content (AvgIpc) is 2.73. The molecule has 5 heteroatoms. The zero-order valence-corrected chi connectivity index (χ0v) is 15.7. The van der Waals surface area contributed by atoms with Crippen LogP contribution in [0.3, 0.4) is 0 Å². The Morgan fingerprint density at radius 2 is 1.93 bits per heavy atom. The number of aromatic nitrogens is 1. The number of likely N-dealkylation sites (tertiary alicyclic amines) is 1. The topological polar surface area (TPSA) is 60.2 Å². The highest BCUT2D eigenvalue weighted by Gasteiger charge is 2.29. The largest absolute Gasteiger partial charge is 0.337 e. The lowest BCUT2D eigenvalue weighted by molar-refractivity contribution is 0.0594. The summed E-state index contributed by atoms with van der Waals surface area (Å²) in [7, 11) is 0. The number of nitriles is 1. The van der Waals surface area contributed by atoms with Gasteiger partial charge in [0, 0.05) is 38.4 Å². The lowest BCUT2D eigenvalue weighted by Crippen LogP contribution is -2.48. The number of carbonyl (C=O) groups excluding carboxylic acids is 1. The summed E-state index contributed by atoms with van der Waals surface area (Å²) in [6.07, 6.45) is 4.62. The maximum absolute atomic E-state index is 12.8. The second-order valence-electron chi connectivity index (χ2n) is 7.51. The van der Waals surface area contributed by atoms with Crippen molar-refractivity contribution < 1.29 is 4.79 Å². The first kappa shape index (κ1) is 17.7. The summed E-state index contributed by atoms with van der Waals surface area (Å²) < 4.78 is 0. The molecule has 138 valence electrons. The Morgan fingerprint density at radius 1 is 1.19 bits per heavy atom. The molecule has 0 N–H and O–H groups in total. The normalized spacial score (nSPS) is 18.0. The summed E-state index contributed by atoms with van der Waals surface area (Å²) in [6, 6.07) is 13.1. The van der Waals surface area contributed by atoms with E-state index in [0.717, 1.165) is 51.0 Å². The molecule has 1 amide bonds. The quantitative estimate of drug-likeness (QED) is 0.826. The lowest BCUT2D eigenvalue weighted by Gasteiger charge is -2.40. The van der Waals surface area contributed by atoms with Crippen molar-refractivity contribution >= 4 is 5.91 Å². The molecule has 2 aliphatic heterocycles. The molecule has 0 unspecified atom stereocenters. The van der Waals surface area contributed by atoms with Gasteiger partial charge in [-0.1, -0.05) is 24.3 Å². The Hall–Kier alpha value is -2.71. The second kappa shape index (κ2) is 7.50. The van der Waals surface area contributed by atoms with E-state index < -0.39 is 0 Å². The Balaban J connectivity index is 1.37. The van der Waals surface area contributed by atoms with Crippen LogP contribution in [0, 0.1) is 18.3 Å². The molecule has 5 nitrogen and oxygen atoms in total. The van der Waals surface area contributed by atoms with Gasteiger partial charge in [-0.15, -0.1) is 0 Å². The maximum atomic E-state index is 12.8. The first-order valence-electron chi connectivity index (χ1n) is 9.62. The molecule has 0 radical (unpaired) electrons. The number of aryl methyl sites for hydroxylation is 1. The van der Waals surface area contributed by atoms with Crippen molar-refractivity contribution in [3.05, 3.63) is 64.5 Å². The van der Waals surface area contributed by atoms with E-state index in [1.165, 1.54) is 17.3 Å². The second-order valence-corrected chi connectivity index (χ2v) is 7.51. The fraction of sp³-hybridized carbons (Fsp3) is 0.409. The van der Waals surface area contributed by atoms with Crippen molar-refractivity contribution in [3.63, 3.8) is 0 Å². The van der Waals surface area contributed by atoms with Gasteiger partial charge in [-0.25, -0.2) is 4.98 Å². The van der Waals surface area contributed by atoms with E-state index in [0.29, 0.717) is 17.3 Å². The Labute approximate surface area is 160 Å². The van der Waals surface area contributed by atoms with Gasteiger partial charge in [0.05, 0.1) is 5.56 Å². The first-order valence-corrected chi connectivity index (χ1v) is 9.62. The molecule has 2 aromatic rings. The van der Waals surface area contributed by atoms with Crippen LogP contribution in [0.1, 0.15) is 45.6 Å². The van der Waals surface area contributed by atoms with Gasteiger partial charge in [-0.3, -0.25) is 9.69 Å². The van der Waals surface area contributed by atoms with Crippen molar-refractivity contribution in [1.82, 2.24) is 14.8 Å². The van der Waals surface area contributed by atoms with Gasteiger partial charge >= 0.3 is 0 Å². The molecule has 0 saturated carbocycles. The van der Waals surface area contributed by atoms with Crippen molar-refractivity contribution in [1.29, 1.82) is 5.26 Å². The fourth-order valence-corrected chi connectivity index (χ4v) is 4.22. The van der Waals surface area contributed by atoms with Gasteiger partial charge in [0.1, 0.15) is 11.8 Å². The summed E-state index contributed by atoms with van der Waals surface area (Å²) in [4.78, 5) is 21.4. The van der Waals surface area contributed by atoms with E-state index in [4.69, 9.17) is 5.26 Å². The van der Waals surface area contributed by atoms with Crippen LogP contribution < -0.4 is 0 Å². The molecule has 0 bridgehead atoms. The molecule has 4 rings (SSSR count). The van der Waals surface area contributed by atoms with Gasteiger partial charge in [-0.2, -0.15) is 5.26 Å². The number of fused-ring (bicyclic) bond motifs is 1. The minimum absolute atomic E-state index is 0.0231. The van der Waals surface area contributed by atoms with E-state index >= 15 is 0 Å². The van der Waals surface area contributed by atoms with Crippen molar-refractivity contribution in [2.24, 2.45) is 0 Å². The van der Waals surface area contributed by atoms with Gasteiger partial charge in [0.2, 0.25) is 0 Å². The summed E-state index contributed by atoms with van der Waals surface area (Å²) >= 11 is 0. The molecular weight excluding hydrogens is 336 g/mol. The highest BCUT2D eigenvalue weighted by Crippen LogP contribution is 2.25. The van der Waals surface area contributed by atoms with Crippen LogP contribution in [0.5, 0.6) is 0 Å². The third kappa shape index (κ3) is 3.58. The van der Waals surface area contributed by atoms with E-state index in [1.54, 1.807) is 6.07 Å². The van der Waals surface area contributed by atoms with Gasteiger partial charge in [0.25, 0.3) is 5.91 Å². The predicted molar refractivity (Wildman–Crippen MR) is 103 cm³/mol. The number of pyridine rings is 1. The predicted octanol–water partition coefficient (Wildman–Crippen LogP) is 2.92. The Kier molecular flexibility index (Phi) is 4.91. The van der Waals surface area contributed by atoms with Crippen LogP contribution in [-0.2, 0) is 13.0 Å². The number of carbonyl (C=O) groups is 1. The van der Waals surface area contributed by atoms with Crippen LogP contribution in [0.15, 0.2) is 36.5 Å². The number of hydrogen-bond donors (Lipinski definition) is 0. The molecule has 1 aromatic heterocycles. The van der Waals surface area contributed by atoms with E-state index in [9.17, 15) is 4.79 Å². The monoisotopic (exact) mass is 360 g/mol. The first-order chi connectivity index (χ1) is 13.2. The summed E-state index contributed by atoms with van der Waals surface area (Å²) in [6.45, 7) is 5.50. The van der Waals surface area contributed by atoms with Crippen LogP contribution >= 0.6 is 0 Å².